The largest absolute Gasteiger partial charge is 0.492 e. The van der Waals surface area contributed by atoms with Crippen molar-refractivity contribution in [3.05, 3.63) is 58.6 Å². The Balaban J connectivity index is 1.80. The smallest absolute Gasteiger partial charge is 0.416 e. The van der Waals surface area contributed by atoms with Crippen LogP contribution in [0, 0.1) is 0 Å². The number of alkyl halides is 3. The van der Waals surface area contributed by atoms with E-state index in [4.69, 9.17) is 4.74 Å². The van der Waals surface area contributed by atoms with E-state index in [0.717, 1.165) is 22.3 Å². The van der Waals surface area contributed by atoms with Gasteiger partial charge in [0.25, 0.3) is 0 Å². The Bertz CT molecular complexity index is 584. The summed E-state index contributed by atoms with van der Waals surface area (Å²) in [6, 6.07) is 12.3. The third-order valence-corrected chi connectivity index (χ3v) is 3.43. The summed E-state index contributed by atoms with van der Waals surface area (Å²) < 4.78 is 43.5. The Morgan fingerprint density at radius 2 is 1.67 bits per heavy atom. The van der Waals surface area contributed by atoms with E-state index in [1.807, 2.05) is 24.3 Å². The second-order valence-electron chi connectivity index (χ2n) is 4.28. The molecular weight excluding hydrogens is 347 g/mol. The molecule has 1 N–H and O–H groups in total. The molecule has 0 aliphatic heterocycles. The maximum Gasteiger partial charge on any atom is 0.416 e. The molecule has 0 aromatic heterocycles. The number of ether oxygens (including phenoxy) is 1. The molecule has 0 atom stereocenters. The summed E-state index contributed by atoms with van der Waals surface area (Å²) in [5.74, 6) is 0.414. The fraction of sp³-hybridized carbons (Fsp3) is 0.200. The molecule has 0 bridgehead atoms. The second-order valence-corrected chi connectivity index (χ2v) is 5.13. The van der Waals surface area contributed by atoms with Crippen molar-refractivity contribution in [2.24, 2.45) is 0 Å². The van der Waals surface area contributed by atoms with E-state index in [0.29, 0.717) is 18.9 Å². The van der Waals surface area contributed by atoms with Crippen molar-refractivity contribution in [2.45, 2.75) is 6.18 Å². The summed E-state index contributed by atoms with van der Waals surface area (Å²) >= 11 is 3.41. The standard InChI is InChI=1S/C15H13BrF3NO/c16-13-3-1-2-4-14(13)20-9-10-21-12-7-5-11(6-8-12)15(17,18)19/h1-8,20H,9-10H2. The first kappa shape index (κ1) is 15.7. The molecule has 0 aliphatic carbocycles. The van der Waals surface area contributed by atoms with Crippen LogP contribution in [0.5, 0.6) is 5.75 Å². The summed E-state index contributed by atoms with van der Waals surface area (Å²) in [7, 11) is 0. The molecule has 0 fully saturated rings. The summed E-state index contributed by atoms with van der Waals surface area (Å²) in [5.41, 5.74) is 0.259. The van der Waals surface area contributed by atoms with Gasteiger partial charge in [-0.1, -0.05) is 12.1 Å². The number of nitrogens with one attached hydrogen (secondary N) is 1. The molecule has 0 aliphatic rings. The summed E-state index contributed by atoms with van der Waals surface area (Å²) in [6.07, 6.45) is -4.32. The molecule has 2 nitrogen and oxygen atoms in total. The Labute approximate surface area is 129 Å². The minimum absolute atomic E-state index is 0.354. The summed E-state index contributed by atoms with van der Waals surface area (Å²) in [4.78, 5) is 0. The molecule has 2 aromatic rings. The highest BCUT2D eigenvalue weighted by molar-refractivity contribution is 9.10. The fourth-order valence-electron chi connectivity index (χ4n) is 1.70. The van der Waals surface area contributed by atoms with Crippen molar-refractivity contribution < 1.29 is 17.9 Å². The zero-order valence-corrected chi connectivity index (χ0v) is 12.5. The van der Waals surface area contributed by atoms with Crippen molar-refractivity contribution in [3.8, 4) is 5.75 Å². The first-order valence-corrected chi connectivity index (χ1v) is 7.04. The van der Waals surface area contributed by atoms with Gasteiger partial charge in [0.05, 0.1) is 5.56 Å². The van der Waals surface area contributed by atoms with E-state index in [9.17, 15) is 13.2 Å². The quantitative estimate of drug-likeness (QED) is 0.761. The molecule has 21 heavy (non-hydrogen) atoms. The Morgan fingerprint density at radius 3 is 2.29 bits per heavy atom. The van der Waals surface area contributed by atoms with Crippen LogP contribution in [0.4, 0.5) is 18.9 Å². The zero-order chi connectivity index (χ0) is 15.3. The number of para-hydroxylation sites is 1. The van der Waals surface area contributed by atoms with Gasteiger partial charge in [0, 0.05) is 16.7 Å². The number of hydrogen-bond acceptors (Lipinski definition) is 2. The number of benzene rings is 2. The second kappa shape index (κ2) is 6.85. The topological polar surface area (TPSA) is 21.3 Å². The van der Waals surface area contributed by atoms with Crippen molar-refractivity contribution in [1.82, 2.24) is 0 Å². The normalized spacial score (nSPS) is 11.2. The van der Waals surface area contributed by atoms with Crippen LogP contribution in [0.15, 0.2) is 53.0 Å². The lowest BCUT2D eigenvalue weighted by molar-refractivity contribution is -0.137. The van der Waals surface area contributed by atoms with Gasteiger partial charge in [-0.2, -0.15) is 13.2 Å². The lowest BCUT2D eigenvalue weighted by Gasteiger charge is -2.11. The van der Waals surface area contributed by atoms with Crippen LogP contribution in [0.1, 0.15) is 5.56 Å². The number of hydrogen-bond donors (Lipinski definition) is 1. The van der Waals surface area contributed by atoms with Crippen LogP contribution >= 0.6 is 15.9 Å². The molecule has 2 rings (SSSR count). The highest BCUT2D eigenvalue weighted by Gasteiger charge is 2.29. The lowest BCUT2D eigenvalue weighted by atomic mass is 10.2. The van der Waals surface area contributed by atoms with Gasteiger partial charge in [-0.05, 0) is 52.3 Å². The first-order valence-electron chi connectivity index (χ1n) is 6.25. The predicted octanol–water partition coefficient (Wildman–Crippen LogP) is 4.96. The molecule has 0 unspecified atom stereocenters. The van der Waals surface area contributed by atoms with Crippen LogP contribution in [0.25, 0.3) is 0 Å². The predicted molar refractivity (Wildman–Crippen MR) is 79.6 cm³/mol. The van der Waals surface area contributed by atoms with Crippen LogP contribution in [0.2, 0.25) is 0 Å². The minimum atomic E-state index is -4.32. The maximum atomic E-state index is 12.4. The molecule has 0 amide bonds. The highest BCUT2D eigenvalue weighted by Crippen LogP contribution is 2.30. The number of rotatable bonds is 5. The van der Waals surface area contributed by atoms with Gasteiger partial charge in [-0.15, -0.1) is 0 Å². The first-order chi connectivity index (χ1) is 9.97. The molecule has 2 aromatic carbocycles. The molecule has 0 spiro atoms. The van der Waals surface area contributed by atoms with Gasteiger partial charge < -0.3 is 10.1 Å². The van der Waals surface area contributed by atoms with Crippen LogP contribution in [0.3, 0.4) is 0 Å². The van der Waals surface area contributed by atoms with E-state index < -0.39 is 11.7 Å². The Morgan fingerprint density at radius 1 is 1.00 bits per heavy atom. The SMILES string of the molecule is FC(F)(F)c1ccc(OCCNc2ccccc2Br)cc1. The van der Waals surface area contributed by atoms with Crippen LogP contribution in [-0.4, -0.2) is 13.2 Å². The lowest BCUT2D eigenvalue weighted by Crippen LogP contribution is -2.12. The van der Waals surface area contributed by atoms with Crippen molar-refractivity contribution in [2.75, 3.05) is 18.5 Å². The highest BCUT2D eigenvalue weighted by atomic mass is 79.9. The van der Waals surface area contributed by atoms with Gasteiger partial charge in [0.15, 0.2) is 0 Å². The maximum absolute atomic E-state index is 12.4. The average Bonchev–Trinajstić information content (AvgIpc) is 2.45. The summed E-state index contributed by atoms with van der Waals surface area (Å²) in [6.45, 7) is 0.899. The van der Waals surface area contributed by atoms with Crippen molar-refractivity contribution in [3.63, 3.8) is 0 Å². The molecule has 0 saturated carbocycles. The molecule has 6 heteroatoms. The number of anilines is 1. The molecule has 0 saturated heterocycles. The van der Waals surface area contributed by atoms with Gasteiger partial charge in [0.1, 0.15) is 12.4 Å². The minimum Gasteiger partial charge on any atom is -0.492 e. The monoisotopic (exact) mass is 359 g/mol. The summed E-state index contributed by atoms with van der Waals surface area (Å²) in [5, 5.41) is 3.17. The van der Waals surface area contributed by atoms with E-state index >= 15 is 0 Å². The Kier molecular flexibility index (Phi) is 5.12. The third-order valence-electron chi connectivity index (χ3n) is 2.74. The molecule has 0 radical (unpaired) electrons. The van der Waals surface area contributed by atoms with E-state index in [1.54, 1.807) is 0 Å². The van der Waals surface area contributed by atoms with E-state index in [1.165, 1.54) is 12.1 Å². The van der Waals surface area contributed by atoms with E-state index in [2.05, 4.69) is 21.2 Å². The average molecular weight is 360 g/mol. The van der Waals surface area contributed by atoms with Gasteiger partial charge >= 0.3 is 6.18 Å². The zero-order valence-electron chi connectivity index (χ0n) is 11.0. The van der Waals surface area contributed by atoms with Gasteiger partial charge in [-0.25, -0.2) is 0 Å². The van der Waals surface area contributed by atoms with Crippen molar-refractivity contribution >= 4 is 21.6 Å². The van der Waals surface area contributed by atoms with Gasteiger partial charge in [0.2, 0.25) is 0 Å². The van der Waals surface area contributed by atoms with Crippen LogP contribution < -0.4 is 10.1 Å². The Hall–Kier alpha value is -1.69. The molecular formula is C15H13BrF3NO. The van der Waals surface area contributed by atoms with Crippen LogP contribution in [-0.2, 0) is 6.18 Å². The fourth-order valence-corrected chi connectivity index (χ4v) is 2.12. The molecule has 0 heterocycles. The van der Waals surface area contributed by atoms with Crippen molar-refractivity contribution in [1.29, 1.82) is 0 Å². The number of halogens is 4. The van der Waals surface area contributed by atoms with E-state index in [-0.39, 0.29) is 0 Å². The molecule has 112 valence electrons. The third kappa shape index (κ3) is 4.67. The van der Waals surface area contributed by atoms with Gasteiger partial charge in [-0.3, -0.25) is 0 Å².